The van der Waals surface area contributed by atoms with Crippen molar-refractivity contribution in [2.24, 2.45) is 0 Å². The molecule has 0 aliphatic carbocycles. The maximum absolute atomic E-state index is 12.3. The molecule has 0 amide bonds. The van der Waals surface area contributed by atoms with E-state index in [1.165, 1.54) is 6.07 Å². The molecule has 0 radical (unpaired) electrons. The largest absolute Gasteiger partial charge is 0.433 e. The maximum Gasteiger partial charge on any atom is 0.387 e. The Kier molecular flexibility index (Phi) is 4.92. The number of halogens is 2. The van der Waals surface area contributed by atoms with E-state index in [0.29, 0.717) is 12.2 Å². The third-order valence-corrected chi connectivity index (χ3v) is 2.81. The number of benzene rings is 1. The Morgan fingerprint density at radius 3 is 2.90 bits per heavy atom. The van der Waals surface area contributed by atoms with E-state index < -0.39 is 6.61 Å². The average molecular weight is 281 g/mol. The lowest BCUT2D eigenvalue weighted by Gasteiger charge is -2.13. The smallest absolute Gasteiger partial charge is 0.387 e. The number of imidazole rings is 1. The minimum atomic E-state index is -2.83. The summed E-state index contributed by atoms with van der Waals surface area (Å²) in [5, 5.41) is 3.08. The summed E-state index contributed by atoms with van der Waals surface area (Å²) in [7, 11) is 0. The summed E-state index contributed by atoms with van der Waals surface area (Å²) in [5.41, 5.74) is 0.527. The number of hydrogen-bond acceptors (Lipinski definition) is 3. The fraction of sp³-hybridized carbons (Fsp3) is 0.357. The first kappa shape index (κ1) is 14.3. The molecule has 0 fully saturated rings. The van der Waals surface area contributed by atoms with E-state index in [9.17, 15) is 8.78 Å². The molecule has 20 heavy (non-hydrogen) atoms. The lowest BCUT2D eigenvalue weighted by atomic mass is 10.3. The second kappa shape index (κ2) is 6.88. The van der Waals surface area contributed by atoms with Gasteiger partial charge in [0.25, 0.3) is 0 Å². The number of nitrogens with one attached hydrogen (secondary N) is 1. The SMILES string of the molecule is CCCn1ccnc1CNc1ccccc1OC(F)F. The zero-order chi connectivity index (χ0) is 14.4. The van der Waals surface area contributed by atoms with Crippen molar-refractivity contribution in [3.63, 3.8) is 0 Å². The number of para-hydroxylation sites is 2. The molecule has 0 spiro atoms. The van der Waals surface area contributed by atoms with Crippen LogP contribution in [-0.4, -0.2) is 16.2 Å². The van der Waals surface area contributed by atoms with E-state index in [1.807, 2.05) is 10.8 Å². The van der Waals surface area contributed by atoms with Gasteiger partial charge in [0.05, 0.1) is 12.2 Å². The van der Waals surface area contributed by atoms with E-state index >= 15 is 0 Å². The fourth-order valence-electron chi connectivity index (χ4n) is 1.94. The summed E-state index contributed by atoms with van der Waals surface area (Å²) >= 11 is 0. The van der Waals surface area contributed by atoms with E-state index in [-0.39, 0.29) is 5.75 Å². The number of ether oxygens (including phenoxy) is 1. The van der Waals surface area contributed by atoms with Crippen LogP contribution in [0.25, 0.3) is 0 Å². The van der Waals surface area contributed by atoms with Gasteiger partial charge in [-0.1, -0.05) is 19.1 Å². The first-order valence-corrected chi connectivity index (χ1v) is 6.48. The molecule has 4 nitrogen and oxygen atoms in total. The van der Waals surface area contributed by atoms with Crippen molar-refractivity contribution in [3.8, 4) is 5.75 Å². The van der Waals surface area contributed by atoms with Gasteiger partial charge in [0, 0.05) is 18.9 Å². The van der Waals surface area contributed by atoms with Crippen LogP contribution in [-0.2, 0) is 13.1 Å². The van der Waals surface area contributed by atoms with Crippen molar-refractivity contribution in [3.05, 3.63) is 42.5 Å². The molecule has 1 aromatic carbocycles. The van der Waals surface area contributed by atoms with Crippen molar-refractivity contribution in [1.82, 2.24) is 9.55 Å². The maximum atomic E-state index is 12.3. The summed E-state index contributed by atoms with van der Waals surface area (Å²) in [6.07, 6.45) is 4.64. The Morgan fingerprint density at radius 2 is 2.15 bits per heavy atom. The Balaban J connectivity index is 2.05. The molecule has 1 aromatic heterocycles. The van der Waals surface area contributed by atoms with Gasteiger partial charge >= 0.3 is 6.61 Å². The second-order valence-corrected chi connectivity index (χ2v) is 4.27. The van der Waals surface area contributed by atoms with E-state index in [2.05, 4.69) is 22.0 Å². The quantitative estimate of drug-likeness (QED) is 0.844. The van der Waals surface area contributed by atoms with Gasteiger partial charge in [0.15, 0.2) is 0 Å². The van der Waals surface area contributed by atoms with Gasteiger partial charge < -0.3 is 14.6 Å². The Bertz CT molecular complexity index is 543. The van der Waals surface area contributed by atoms with Crippen LogP contribution in [0.4, 0.5) is 14.5 Å². The van der Waals surface area contributed by atoms with Crippen LogP contribution in [0.2, 0.25) is 0 Å². The van der Waals surface area contributed by atoms with Crippen molar-refractivity contribution < 1.29 is 13.5 Å². The zero-order valence-corrected chi connectivity index (χ0v) is 11.2. The molecule has 0 bridgehead atoms. The summed E-state index contributed by atoms with van der Waals surface area (Å²) < 4.78 is 31.1. The topological polar surface area (TPSA) is 39.1 Å². The molecule has 1 heterocycles. The van der Waals surface area contributed by atoms with E-state index in [0.717, 1.165) is 18.8 Å². The summed E-state index contributed by atoms with van der Waals surface area (Å²) in [4.78, 5) is 4.25. The zero-order valence-electron chi connectivity index (χ0n) is 11.2. The predicted octanol–water partition coefficient (Wildman–Crippen LogP) is 3.51. The lowest BCUT2D eigenvalue weighted by Crippen LogP contribution is -2.10. The highest BCUT2D eigenvalue weighted by Gasteiger charge is 2.09. The molecular weight excluding hydrogens is 264 g/mol. The summed E-state index contributed by atoms with van der Waals surface area (Å²) in [5.74, 6) is 0.995. The van der Waals surface area contributed by atoms with E-state index in [4.69, 9.17) is 0 Å². The molecular formula is C14H17F2N3O. The van der Waals surface area contributed by atoms with Gasteiger partial charge in [0.2, 0.25) is 0 Å². The number of alkyl halides is 2. The Morgan fingerprint density at radius 1 is 1.35 bits per heavy atom. The molecule has 1 N–H and O–H groups in total. The number of hydrogen-bond donors (Lipinski definition) is 1. The standard InChI is InChI=1S/C14H17F2N3O/c1-2-8-19-9-7-17-13(19)10-18-11-5-3-4-6-12(11)20-14(15)16/h3-7,9,14,18H,2,8,10H2,1H3. The highest BCUT2D eigenvalue weighted by molar-refractivity contribution is 5.56. The predicted molar refractivity (Wildman–Crippen MR) is 72.9 cm³/mol. The number of nitrogens with zero attached hydrogens (tertiary/aromatic N) is 2. The van der Waals surface area contributed by atoms with Gasteiger partial charge in [-0.2, -0.15) is 8.78 Å². The van der Waals surface area contributed by atoms with Crippen LogP contribution in [0.3, 0.4) is 0 Å². The molecule has 0 aliphatic heterocycles. The van der Waals surface area contributed by atoms with Crippen molar-refractivity contribution in [1.29, 1.82) is 0 Å². The fourth-order valence-corrected chi connectivity index (χ4v) is 1.94. The normalized spacial score (nSPS) is 10.8. The highest BCUT2D eigenvalue weighted by atomic mass is 19.3. The van der Waals surface area contributed by atoms with Crippen LogP contribution < -0.4 is 10.1 Å². The van der Waals surface area contributed by atoms with Crippen LogP contribution in [0.1, 0.15) is 19.2 Å². The molecule has 2 rings (SSSR count). The molecule has 0 unspecified atom stereocenters. The minimum absolute atomic E-state index is 0.135. The Hall–Kier alpha value is -2.11. The van der Waals surface area contributed by atoms with Crippen LogP contribution in [0.5, 0.6) is 5.75 Å². The van der Waals surface area contributed by atoms with Crippen LogP contribution in [0, 0.1) is 0 Å². The molecule has 0 atom stereocenters. The number of rotatable bonds is 7. The van der Waals surface area contributed by atoms with Gasteiger partial charge in [-0.05, 0) is 18.6 Å². The molecule has 0 aliphatic rings. The molecule has 6 heteroatoms. The van der Waals surface area contributed by atoms with Crippen molar-refractivity contribution >= 4 is 5.69 Å². The monoisotopic (exact) mass is 281 g/mol. The summed E-state index contributed by atoms with van der Waals surface area (Å²) in [6, 6.07) is 6.62. The molecule has 0 saturated heterocycles. The first-order chi connectivity index (χ1) is 9.70. The van der Waals surface area contributed by atoms with Gasteiger partial charge in [0.1, 0.15) is 11.6 Å². The molecule has 108 valence electrons. The summed E-state index contributed by atoms with van der Waals surface area (Å²) in [6.45, 7) is 0.589. The number of anilines is 1. The Labute approximate surface area is 116 Å². The highest BCUT2D eigenvalue weighted by Crippen LogP contribution is 2.25. The van der Waals surface area contributed by atoms with Gasteiger partial charge in [-0.15, -0.1) is 0 Å². The van der Waals surface area contributed by atoms with Crippen LogP contribution in [0.15, 0.2) is 36.7 Å². The number of aromatic nitrogens is 2. The third kappa shape index (κ3) is 3.69. The van der Waals surface area contributed by atoms with Crippen molar-refractivity contribution in [2.75, 3.05) is 5.32 Å². The lowest BCUT2D eigenvalue weighted by molar-refractivity contribution is -0.0493. The third-order valence-electron chi connectivity index (χ3n) is 2.81. The van der Waals surface area contributed by atoms with Gasteiger partial charge in [-0.3, -0.25) is 0 Å². The van der Waals surface area contributed by atoms with E-state index in [1.54, 1.807) is 24.4 Å². The van der Waals surface area contributed by atoms with Crippen LogP contribution >= 0.6 is 0 Å². The molecule has 2 aromatic rings. The van der Waals surface area contributed by atoms with Gasteiger partial charge in [-0.25, -0.2) is 4.98 Å². The second-order valence-electron chi connectivity index (χ2n) is 4.27. The molecule has 0 saturated carbocycles. The number of aryl methyl sites for hydroxylation is 1. The van der Waals surface area contributed by atoms with Crippen molar-refractivity contribution in [2.45, 2.75) is 33.0 Å². The minimum Gasteiger partial charge on any atom is -0.433 e. The average Bonchev–Trinajstić information content (AvgIpc) is 2.85. The first-order valence-electron chi connectivity index (χ1n) is 6.48.